The van der Waals surface area contributed by atoms with Crippen LogP contribution in [0.25, 0.3) is 11.5 Å². The summed E-state index contributed by atoms with van der Waals surface area (Å²) in [6, 6.07) is 17.0. The molecule has 0 spiro atoms. The largest absolute Gasteiger partial charge is 0.441 e. The summed E-state index contributed by atoms with van der Waals surface area (Å²) in [5, 5.41) is 3.17. The van der Waals surface area contributed by atoms with E-state index in [0.29, 0.717) is 28.7 Å². The van der Waals surface area contributed by atoms with Gasteiger partial charge in [0.15, 0.2) is 0 Å². The third-order valence-electron chi connectivity index (χ3n) is 5.75. The fraction of sp³-hybridized carbons (Fsp3) is 0.360. The number of aryl methyl sites for hydroxylation is 1. The lowest BCUT2D eigenvalue weighted by Gasteiger charge is -2.16. The molecule has 1 saturated carbocycles. The molecule has 0 bridgehead atoms. The Bertz CT molecular complexity index is 1040. The lowest BCUT2D eigenvalue weighted by Crippen LogP contribution is -2.34. The van der Waals surface area contributed by atoms with Crippen LogP contribution in [0.3, 0.4) is 0 Å². The molecule has 162 valence electrons. The second-order valence-corrected chi connectivity index (χ2v) is 9.52. The van der Waals surface area contributed by atoms with Gasteiger partial charge in [0, 0.05) is 22.1 Å². The van der Waals surface area contributed by atoms with Gasteiger partial charge in [0.1, 0.15) is 5.76 Å². The summed E-state index contributed by atoms with van der Waals surface area (Å²) < 4.78 is 18.4. The molecular weight excluding hydrogens is 408 g/mol. The predicted octanol–water partition coefficient (Wildman–Crippen LogP) is 5.41. The molecule has 0 radical (unpaired) electrons. The molecule has 1 aromatic heterocycles. The number of amides is 1. The molecule has 31 heavy (non-hydrogen) atoms. The van der Waals surface area contributed by atoms with Crippen LogP contribution in [0.4, 0.5) is 0 Å². The van der Waals surface area contributed by atoms with Crippen molar-refractivity contribution in [2.45, 2.75) is 62.1 Å². The van der Waals surface area contributed by atoms with Gasteiger partial charge in [-0.15, -0.1) is 0 Å². The van der Waals surface area contributed by atoms with Crippen molar-refractivity contribution in [1.82, 2.24) is 10.3 Å². The number of nitrogens with zero attached hydrogens (tertiary/aromatic N) is 1. The van der Waals surface area contributed by atoms with E-state index in [4.69, 9.17) is 4.42 Å². The number of hydrogen-bond donors (Lipinski definition) is 1. The van der Waals surface area contributed by atoms with Crippen molar-refractivity contribution >= 4 is 16.7 Å². The number of nitrogens with one attached hydrogen (secondary N) is 1. The van der Waals surface area contributed by atoms with Crippen LogP contribution in [-0.4, -0.2) is 21.1 Å². The van der Waals surface area contributed by atoms with Gasteiger partial charge in [-0.1, -0.05) is 43.9 Å². The van der Waals surface area contributed by atoms with Crippen molar-refractivity contribution in [2.24, 2.45) is 0 Å². The SMILES string of the molecule is Cc1oc(-c2ccc(C(=O)NC3CCCCCC3)cc2)nc1C[S@@](=O)c1ccccc1. The van der Waals surface area contributed by atoms with Crippen molar-refractivity contribution in [3.05, 3.63) is 71.6 Å². The van der Waals surface area contributed by atoms with Gasteiger partial charge < -0.3 is 9.73 Å². The number of carbonyl (C=O) groups is 1. The topological polar surface area (TPSA) is 72.2 Å². The van der Waals surface area contributed by atoms with Gasteiger partial charge in [-0.2, -0.15) is 0 Å². The first-order valence-electron chi connectivity index (χ1n) is 10.9. The van der Waals surface area contributed by atoms with Crippen LogP contribution >= 0.6 is 0 Å². The highest BCUT2D eigenvalue weighted by Crippen LogP contribution is 2.24. The van der Waals surface area contributed by atoms with Crippen LogP contribution in [0.1, 0.15) is 60.3 Å². The maximum atomic E-state index is 12.6. The van der Waals surface area contributed by atoms with E-state index in [1.807, 2.05) is 61.5 Å². The Morgan fingerprint density at radius 1 is 1.03 bits per heavy atom. The van der Waals surface area contributed by atoms with Crippen molar-refractivity contribution in [2.75, 3.05) is 0 Å². The summed E-state index contributed by atoms with van der Waals surface area (Å²) in [5.41, 5.74) is 2.12. The summed E-state index contributed by atoms with van der Waals surface area (Å²) in [5.74, 6) is 1.42. The van der Waals surface area contributed by atoms with E-state index in [-0.39, 0.29) is 11.9 Å². The Hall–Kier alpha value is -2.73. The van der Waals surface area contributed by atoms with E-state index in [1.165, 1.54) is 25.7 Å². The summed E-state index contributed by atoms with van der Waals surface area (Å²) >= 11 is 0. The molecule has 1 aliphatic rings. The summed E-state index contributed by atoms with van der Waals surface area (Å²) in [6.07, 6.45) is 7.02. The summed E-state index contributed by atoms with van der Waals surface area (Å²) in [7, 11) is -1.18. The Morgan fingerprint density at radius 2 is 1.71 bits per heavy atom. The highest BCUT2D eigenvalue weighted by molar-refractivity contribution is 7.84. The van der Waals surface area contributed by atoms with E-state index in [0.717, 1.165) is 23.3 Å². The molecule has 1 fully saturated rings. The van der Waals surface area contributed by atoms with Crippen molar-refractivity contribution in [3.8, 4) is 11.5 Å². The first kappa shape index (κ1) is 21.5. The highest BCUT2D eigenvalue weighted by atomic mass is 32.2. The van der Waals surface area contributed by atoms with E-state index in [1.54, 1.807) is 0 Å². The second-order valence-electron chi connectivity index (χ2n) is 8.06. The number of oxazole rings is 1. The molecule has 0 unspecified atom stereocenters. The number of hydrogen-bond acceptors (Lipinski definition) is 4. The molecule has 3 aromatic rings. The molecule has 1 atom stereocenters. The molecule has 1 amide bonds. The number of carbonyl (C=O) groups excluding carboxylic acids is 1. The molecule has 6 heteroatoms. The molecular formula is C25H28N2O3S. The molecule has 1 N–H and O–H groups in total. The van der Waals surface area contributed by atoms with Crippen LogP contribution in [-0.2, 0) is 16.6 Å². The van der Waals surface area contributed by atoms with E-state index in [2.05, 4.69) is 10.3 Å². The van der Waals surface area contributed by atoms with Crippen molar-refractivity contribution in [3.63, 3.8) is 0 Å². The highest BCUT2D eigenvalue weighted by Gasteiger charge is 2.18. The number of aromatic nitrogens is 1. The fourth-order valence-corrected chi connectivity index (χ4v) is 5.07. The monoisotopic (exact) mass is 436 g/mol. The minimum Gasteiger partial charge on any atom is -0.441 e. The lowest BCUT2D eigenvalue weighted by atomic mass is 10.1. The standard InChI is InChI=1S/C25H28N2O3S/c1-18-23(17-31(29)22-11-7-4-8-12-22)27-25(30-18)20-15-13-19(14-16-20)24(28)26-21-9-5-2-3-6-10-21/h4,7-8,11-16,21H,2-3,5-6,9-10,17H2,1H3,(H,26,28)/t31-/m1/s1. The molecule has 1 heterocycles. The Balaban J connectivity index is 1.42. The zero-order valence-electron chi connectivity index (χ0n) is 17.8. The third-order valence-corrected chi connectivity index (χ3v) is 7.08. The van der Waals surface area contributed by atoms with Crippen LogP contribution in [0, 0.1) is 6.92 Å². The van der Waals surface area contributed by atoms with Gasteiger partial charge in [-0.25, -0.2) is 4.98 Å². The number of benzene rings is 2. The van der Waals surface area contributed by atoms with Crippen LogP contribution in [0.2, 0.25) is 0 Å². The normalized spacial score (nSPS) is 15.9. The molecule has 2 aromatic carbocycles. The zero-order chi connectivity index (χ0) is 21.6. The van der Waals surface area contributed by atoms with Gasteiger partial charge in [0.05, 0.1) is 22.2 Å². The van der Waals surface area contributed by atoms with E-state index < -0.39 is 10.8 Å². The van der Waals surface area contributed by atoms with E-state index >= 15 is 0 Å². The Morgan fingerprint density at radius 3 is 2.39 bits per heavy atom. The fourth-order valence-electron chi connectivity index (χ4n) is 3.92. The lowest BCUT2D eigenvalue weighted by molar-refractivity contribution is 0.0933. The first-order chi connectivity index (χ1) is 15.1. The molecule has 0 saturated heterocycles. The van der Waals surface area contributed by atoms with Crippen molar-refractivity contribution < 1.29 is 13.4 Å². The van der Waals surface area contributed by atoms with Gasteiger partial charge >= 0.3 is 0 Å². The maximum absolute atomic E-state index is 12.6. The summed E-state index contributed by atoms with van der Waals surface area (Å²) in [4.78, 5) is 17.9. The first-order valence-corrected chi connectivity index (χ1v) is 12.2. The van der Waals surface area contributed by atoms with Crippen LogP contribution < -0.4 is 5.32 Å². The molecule has 0 aliphatic heterocycles. The van der Waals surface area contributed by atoms with Gasteiger partial charge in [-0.05, 0) is 56.2 Å². The minimum atomic E-state index is -1.18. The Labute approximate surface area is 185 Å². The number of rotatable bonds is 6. The molecule has 5 nitrogen and oxygen atoms in total. The maximum Gasteiger partial charge on any atom is 0.251 e. The van der Waals surface area contributed by atoms with Crippen LogP contribution in [0.5, 0.6) is 0 Å². The zero-order valence-corrected chi connectivity index (χ0v) is 18.6. The van der Waals surface area contributed by atoms with E-state index in [9.17, 15) is 9.00 Å². The van der Waals surface area contributed by atoms with Gasteiger partial charge in [-0.3, -0.25) is 9.00 Å². The van der Waals surface area contributed by atoms with Gasteiger partial charge in [0.2, 0.25) is 5.89 Å². The average molecular weight is 437 g/mol. The predicted molar refractivity (Wildman–Crippen MR) is 122 cm³/mol. The van der Waals surface area contributed by atoms with Crippen molar-refractivity contribution in [1.29, 1.82) is 0 Å². The Kier molecular flexibility index (Phi) is 6.97. The summed E-state index contributed by atoms with van der Waals surface area (Å²) in [6.45, 7) is 1.84. The smallest absolute Gasteiger partial charge is 0.251 e. The van der Waals surface area contributed by atoms with Crippen LogP contribution in [0.15, 0.2) is 63.9 Å². The van der Waals surface area contributed by atoms with Gasteiger partial charge in [0.25, 0.3) is 5.91 Å². The minimum absolute atomic E-state index is 0.0269. The second kappa shape index (κ2) is 10.1. The average Bonchev–Trinajstić information content (AvgIpc) is 2.98. The molecule has 4 rings (SSSR count). The molecule has 1 aliphatic carbocycles. The quantitative estimate of drug-likeness (QED) is 0.525. The third kappa shape index (κ3) is 5.50.